The van der Waals surface area contributed by atoms with Gasteiger partial charge in [-0.1, -0.05) is 57.2 Å². The second-order valence-electron chi connectivity index (χ2n) is 5.59. The Morgan fingerprint density at radius 3 is 2.89 bits per heavy atom. The average molecular weight is 268 g/mol. The van der Waals surface area contributed by atoms with Crippen molar-refractivity contribution < 1.29 is 0 Å². The molecular weight excluding hydrogens is 240 g/mol. The SMILES string of the molecule is CCCCCCCCN=C1SCN2CCCCC12. The predicted molar refractivity (Wildman–Crippen MR) is 82.5 cm³/mol. The maximum absolute atomic E-state index is 4.86. The zero-order valence-electron chi connectivity index (χ0n) is 11.9. The molecule has 2 heterocycles. The molecule has 2 nitrogen and oxygen atoms in total. The van der Waals surface area contributed by atoms with E-state index in [1.807, 2.05) is 11.8 Å². The summed E-state index contributed by atoms with van der Waals surface area (Å²) in [6.07, 6.45) is 12.4. The third-order valence-electron chi connectivity index (χ3n) is 4.06. The number of hydrogen-bond acceptors (Lipinski definition) is 3. The predicted octanol–water partition coefficient (Wildman–Crippen LogP) is 4.30. The lowest BCUT2D eigenvalue weighted by Gasteiger charge is -2.27. The highest BCUT2D eigenvalue weighted by molar-refractivity contribution is 8.14. The van der Waals surface area contributed by atoms with Crippen molar-refractivity contribution >= 4 is 16.8 Å². The Morgan fingerprint density at radius 1 is 1.17 bits per heavy atom. The van der Waals surface area contributed by atoms with Gasteiger partial charge in [-0.2, -0.15) is 0 Å². The lowest BCUT2D eigenvalue weighted by molar-refractivity contribution is 0.235. The summed E-state index contributed by atoms with van der Waals surface area (Å²) in [5.41, 5.74) is 0. The van der Waals surface area contributed by atoms with Crippen molar-refractivity contribution in [3.8, 4) is 0 Å². The molecule has 104 valence electrons. The van der Waals surface area contributed by atoms with E-state index in [4.69, 9.17) is 4.99 Å². The number of rotatable bonds is 7. The second kappa shape index (κ2) is 8.21. The number of fused-ring (bicyclic) bond motifs is 1. The third kappa shape index (κ3) is 4.27. The van der Waals surface area contributed by atoms with Crippen molar-refractivity contribution in [2.45, 2.75) is 70.8 Å². The Kier molecular flexibility index (Phi) is 6.56. The quantitative estimate of drug-likeness (QED) is 0.640. The second-order valence-corrected chi connectivity index (χ2v) is 6.55. The van der Waals surface area contributed by atoms with Crippen LogP contribution in [-0.4, -0.2) is 35.0 Å². The number of aliphatic imine (C=N–C) groups is 1. The summed E-state index contributed by atoms with van der Waals surface area (Å²) >= 11 is 2.00. The molecular formula is C15H28N2S. The number of unbranched alkanes of at least 4 members (excludes halogenated alkanes) is 5. The largest absolute Gasteiger partial charge is 0.285 e. The van der Waals surface area contributed by atoms with E-state index in [0.717, 1.165) is 6.54 Å². The van der Waals surface area contributed by atoms with Gasteiger partial charge in [-0.25, -0.2) is 0 Å². The Hall–Kier alpha value is -0.0200. The van der Waals surface area contributed by atoms with Gasteiger partial charge in [0.2, 0.25) is 0 Å². The molecule has 0 aromatic heterocycles. The molecule has 2 aliphatic heterocycles. The summed E-state index contributed by atoms with van der Waals surface area (Å²) in [6, 6.07) is 0.698. The van der Waals surface area contributed by atoms with Gasteiger partial charge in [0, 0.05) is 6.54 Å². The summed E-state index contributed by atoms with van der Waals surface area (Å²) in [6.45, 7) is 4.64. The van der Waals surface area contributed by atoms with Gasteiger partial charge >= 0.3 is 0 Å². The molecule has 1 unspecified atom stereocenters. The molecule has 1 atom stereocenters. The summed E-state index contributed by atoms with van der Waals surface area (Å²) in [5, 5.41) is 1.45. The van der Waals surface area contributed by atoms with Gasteiger partial charge in [0.05, 0.1) is 17.0 Å². The molecule has 0 aromatic rings. The van der Waals surface area contributed by atoms with E-state index < -0.39 is 0 Å². The van der Waals surface area contributed by atoms with Gasteiger partial charge < -0.3 is 0 Å². The van der Waals surface area contributed by atoms with E-state index in [9.17, 15) is 0 Å². The standard InChI is InChI=1S/C15H28N2S/c1-2-3-4-5-6-8-11-16-15-14-10-7-9-12-17(14)13-18-15/h14H,2-13H2,1H3. The monoisotopic (exact) mass is 268 g/mol. The van der Waals surface area contributed by atoms with Crippen molar-refractivity contribution in [1.29, 1.82) is 0 Å². The minimum Gasteiger partial charge on any atom is -0.285 e. The van der Waals surface area contributed by atoms with Gasteiger partial charge in [0.15, 0.2) is 0 Å². The molecule has 2 saturated heterocycles. The zero-order valence-corrected chi connectivity index (χ0v) is 12.7. The summed E-state index contributed by atoms with van der Waals surface area (Å²) in [4.78, 5) is 7.48. The highest BCUT2D eigenvalue weighted by Gasteiger charge is 2.32. The first-order valence-electron chi connectivity index (χ1n) is 7.83. The molecule has 0 bridgehead atoms. The van der Waals surface area contributed by atoms with E-state index in [2.05, 4.69) is 11.8 Å². The van der Waals surface area contributed by atoms with Crippen LogP contribution < -0.4 is 0 Å². The Bertz CT molecular complexity index is 265. The van der Waals surface area contributed by atoms with Gasteiger partial charge in [-0.15, -0.1) is 0 Å². The van der Waals surface area contributed by atoms with Crippen molar-refractivity contribution in [1.82, 2.24) is 4.90 Å². The lowest BCUT2D eigenvalue weighted by atomic mass is 10.0. The van der Waals surface area contributed by atoms with Gasteiger partial charge in [0.25, 0.3) is 0 Å². The van der Waals surface area contributed by atoms with Crippen LogP contribution in [0.15, 0.2) is 4.99 Å². The number of thioether (sulfide) groups is 1. The van der Waals surface area contributed by atoms with Crippen LogP contribution in [-0.2, 0) is 0 Å². The minimum atomic E-state index is 0.698. The van der Waals surface area contributed by atoms with E-state index in [1.54, 1.807) is 0 Å². The smallest absolute Gasteiger partial charge is 0.0860 e. The fourth-order valence-electron chi connectivity index (χ4n) is 2.90. The molecule has 0 saturated carbocycles. The van der Waals surface area contributed by atoms with Gasteiger partial charge in [-0.05, 0) is 25.8 Å². The van der Waals surface area contributed by atoms with Crippen molar-refractivity contribution in [2.24, 2.45) is 4.99 Å². The molecule has 2 rings (SSSR count). The van der Waals surface area contributed by atoms with Crippen molar-refractivity contribution in [3.05, 3.63) is 0 Å². The minimum absolute atomic E-state index is 0.698. The number of hydrogen-bond donors (Lipinski definition) is 0. The highest BCUT2D eigenvalue weighted by Crippen LogP contribution is 2.31. The molecule has 18 heavy (non-hydrogen) atoms. The fourth-order valence-corrected chi connectivity index (χ4v) is 4.15. The maximum Gasteiger partial charge on any atom is 0.0860 e. The molecule has 0 N–H and O–H groups in total. The van der Waals surface area contributed by atoms with Crippen LogP contribution in [0.5, 0.6) is 0 Å². The first-order chi connectivity index (χ1) is 8.92. The zero-order chi connectivity index (χ0) is 12.6. The summed E-state index contributed by atoms with van der Waals surface area (Å²) in [7, 11) is 0. The van der Waals surface area contributed by atoms with E-state index in [0.29, 0.717) is 6.04 Å². The van der Waals surface area contributed by atoms with Crippen LogP contribution in [0.1, 0.15) is 64.7 Å². The van der Waals surface area contributed by atoms with Crippen LogP contribution >= 0.6 is 11.8 Å². The Labute approximate surface area is 117 Å². The average Bonchev–Trinajstić information content (AvgIpc) is 2.81. The van der Waals surface area contributed by atoms with Crippen molar-refractivity contribution in [3.63, 3.8) is 0 Å². The maximum atomic E-state index is 4.86. The van der Waals surface area contributed by atoms with E-state index in [1.165, 1.54) is 75.3 Å². The first kappa shape index (κ1) is 14.4. The van der Waals surface area contributed by atoms with E-state index in [-0.39, 0.29) is 0 Å². The van der Waals surface area contributed by atoms with Gasteiger partial charge in [0.1, 0.15) is 0 Å². The number of piperidine rings is 1. The topological polar surface area (TPSA) is 15.6 Å². The molecule has 0 radical (unpaired) electrons. The highest BCUT2D eigenvalue weighted by atomic mass is 32.2. The molecule has 0 aliphatic carbocycles. The van der Waals surface area contributed by atoms with Crippen LogP contribution in [0.2, 0.25) is 0 Å². The fraction of sp³-hybridized carbons (Fsp3) is 0.933. The molecule has 0 amide bonds. The Morgan fingerprint density at radius 2 is 2.00 bits per heavy atom. The first-order valence-corrected chi connectivity index (χ1v) is 8.81. The van der Waals surface area contributed by atoms with E-state index >= 15 is 0 Å². The summed E-state index contributed by atoms with van der Waals surface area (Å²) in [5.74, 6) is 1.19. The van der Waals surface area contributed by atoms with Crippen LogP contribution in [0, 0.1) is 0 Å². The number of nitrogens with zero attached hydrogens (tertiary/aromatic N) is 2. The van der Waals surface area contributed by atoms with Crippen LogP contribution in [0.4, 0.5) is 0 Å². The third-order valence-corrected chi connectivity index (χ3v) is 5.21. The molecule has 0 spiro atoms. The summed E-state index contributed by atoms with van der Waals surface area (Å²) < 4.78 is 0. The lowest BCUT2D eigenvalue weighted by Crippen LogP contribution is -2.37. The normalized spacial score (nSPS) is 26.7. The molecule has 0 aromatic carbocycles. The van der Waals surface area contributed by atoms with Crippen molar-refractivity contribution in [2.75, 3.05) is 19.0 Å². The van der Waals surface area contributed by atoms with Crippen LogP contribution in [0.3, 0.4) is 0 Å². The molecule has 2 aliphatic rings. The Balaban J connectivity index is 1.61. The molecule has 2 fully saturated rings. The van der Waals surface area contributed by atoms with Crippen LogP contribution in [0.25, 0.3) is 0 Å². The molecule has 3 heteroatoms. The van der Waals surface area contributed by atoms with Gasteiger partial charge in [-0.3, -0.25) is 9.89 Å².